The van der Waals surface area contributed by atoms with Gasteiger partial charge in [-0.3, -0.25) is 14.4 Å². The second-order valence-corrected chi connectivity index (χ2v) is 22.4. The van der Waals surface area contributed by atoms with Crippen LogP contribution in [-0.4, -0.2) is 37.2 Å². The van der Waals surface area contributed by atoms with Gasteiger partial charge in [0.25, 0.3) is 0 Å². The van der Waals surface area contributed by atoms with Crippen molar-refractivity contribution in [3.8, 4) is 0 Å². The average molecular weight is 1080 g/mol. The summed E-state index contributed by atoms with van der Waals surface area (Å²) in [5, 5.41) is 0. The Kier molecular flexibility index (Phi) is 62.7. The van der Waals surface area contributed by atoms with E-state index in [0.717, 1.165) is 96.3 Å². The van der Waals surface area contributed by atoms with Crippen molar-refractivity contribution in [1.29, 1.82) is 0 Å². The van der Waals surface area contributed by atoms with Gasteiger partial charge in [0.15, 0.2) is 6.10 Å². The van der Waals surface area contributed by atoms with E-state index in [2.05, 4.69) is 93.7 Å². The number of ether oxygens (including phenoxy) is 3. The molecule has 0 radical (unpaired) electrons. The van der Waals surface area contributed by atoms with Gasteiger partial charge >= 0.3 is 17.9 Å². The third kappa shape index (κ3) is 63.6. The second kappa shape index (κ2) is 65.4. The molecule has 0 heterocycles. The van der Waals surface area contributed by atoms with Crippen LogP contribution in [0.3, 0.4) is 0 Å². The molecule has 446 valence electrons. The average Bonchev–Trinajstić information content (AvgIpc) is 3.43. The molecule has 0 aromatic carbocycles. The van der Waals surface area contributed by atoms with Crippen molar-refractivity contribution in [3.63, 3.8) is 0 Å². The van der Waals surface area contributed by atoms with Crippen molar-refractivity contribution in [2.75, 3.05) is 13.2 Å². The fraction of sp³-hybridized carbons (Fsp3) is 0.789. The third-order valence-corrected chi connectivity index (χ3v) is 14.7. The molecule has 6 heteroatoms. The highest BCUT2D eigenvalue weighted by molar-refractivity contribution is 5.71. The number of hydrogen-bond donors (Lipinski definition) is 0. The smallest absolute Gasteiger partial charge is 0.306 e. The summed E-state index contributed by atoms with van der Waals surface area (Å²) in [5.74, 6) is -0.851. The van der Waals surface area contributed by atoms with E-state index in [1.165, 1.54) is 205 Å². The molecule has 0 fully saturated rings. The Hall–Kier alpha value is -3.15. The molecule has 1 atom stereocenters. The standard InChI is InChI=1S/C71H126O6/c1-4-7-10-13-16-19-22-25-27-28-29-30-31-32-33-34-35-36-37-38-39-40-41-42-44-46-49-52-55-58-61-64-70(73)76-67-68(66-75-69(72)63-60-57-54-51-48-45-24-21-18-15-12-9-6-3)77-71(74)65-62-59-56-53-50-47-43-26-23-20-17-14-11-8-5-2/h7,10,16,19,25,27,29-30,32-33,35-36,68H,4-6,8-9,11-15,17-18,20-24,26,28,31,34,37-67H2,1-3H3/b10-7-,19-16-,27-25-,30-29-,33-32-,36-35-. The van der Waals surface area contributed by atoms with Crippen molar-refractivity contribution in [2.45, 2.75) is 348 Å². The summed E-state index contributed by atoms with van der Waals surface area (Å²) in [6, 6.07) is 0. The lowest BCUT2D eigenvalue weighted by Gasteiger charge is -2.18. The summed E-state index contributed by atoms with van der Waals surface area (Å²) in [7, 11) is 0. The first-order chi connectivity index (χ1) is 38.0. The molecule has 0 rings (SSSR count). The van der Waals surface area contributed by atoms with Gasteiger partial charge in [-0.1, -0.05) is 325 Å². The maximum Gasteiger partial charge on any atom is 0.306 e. The lowest BCUT2D eigenvalue weighted by atomic mass is 10.0. The van der Waals surface area contributed by atoms with Crippen molar-refractivity contribution < 1.29 is 28.6 Å². The van der Waals surface area contributed by atoms with Gasteiger partial charge in [-0.15, -0.1) is 0 Å². The number of rotatable bonds is 61. The molecular weight excluding hydrogens is 949 g/mol. The number of carbonyl (C=O) groups is 3. The minimum atomic E-state index is -0.772. The summed E-state index contributed by atoms with van der Waals surface area (Å²) in [4.78, 5) is 38.3. The lowest BCUT2D eigenvalue weighted by molar-refractivity contribution is -0.167. The molecule has 0 aliphatic carbocycles. The van der Waals surface area contributed by atoms with Crippen LogP contribution in [0, 0.1) is 0 Å². The van der Waals surface area contributed by atoms with Crippen LogP contribution in [0.25, 0.3) is 0 Å². The van der Waals surface area contributed by atoms with Crippen LogP contribution in [-0.2, 0) is 28.6 Å². The van der Waals surface area contributed by atoms with E-state index in [1.54, 1.807) is 0 Å². The number of esters is 3. The highest BCUT2D eigenvalue weighted by Gasteiger charge is 2.19. The molecule has 0 aromatic heterocycles. The zero-order valence-electron chi connectivity index (χ0n) is 51.2. The minimum absolute atomic E-state index is 0.0692. The fourth-order valence-electron chi connectivity index (χ4n) is 9.74. The number of hydrogen-bond acceptors (Lipinski definition) is 6. The molecule has 0 aliphatic heterocycles. The van der Waals surface area contributed by atoms with Crippen LogP contribution < -0.4 is 0 Å². The molecular formula is C71H126O6. The highest BCUT2D eigenvalue weighted by atomic mass is 16.6. The summed E-state index contributed by atoms with van der Waals surface area (Å²) >= 11 is 0. The Labute approximate surface area is 478 Å². The zero-order valence-corrected chi connectivity index (χ0v) is 51.2. The molecule has 0 spiro atoms. The van der Waals surface area contributed by atoms with E-state index in [1.807, 2.05) is 0 Å². The Balaban J connectivity index is 4.19. The van der Waals surface area contributed by atoms with Crippen molar-refractivity contribution >= 4 is 17.9 Å². The van der Waals surface area contributed by atoms with Crippen LogP contribution in [0.5, 0.6) is 0 Å². The maximum atomic E-state index is 12.9. The monoisotopic (exact) mass is 1070 g/mol. The number of carbonyl (C=O) groups excluding carboxylic acids is 3. The van der Waals surface area contributed by atoms with E-state index in [0.29, 0.717) is 19.3 Å². The van der Waals surface area contributed by atoms with Gasteiger partial charge in [-0.2, -0.15) is 0 Å². The molecule has 6 nitrogen and oxygen atoms in total. The lowest BCUT2D eigenvalue weighted by Crippen LogP contribution is -2.30. The minimum Gasteiger partial charge on any atom is -0.462 e. The number of unbranched alkanes of at least 4 members (excludes halogenated alkanes) is 38. The van der Waals surface area contributed by atoms with Gasteiger partial charge in [-0.05, 0) is 70.6 Å². The third-order valence-electron chi connectivity index (χ3n) is 14.7. The molecule has 0 N–H and O–H groups in total. The molecule has 0 bridgehead atoms. The van der Waals surface area contributed by atoms with Crippen molar-refractivity contribution in [1.82, 2.24) is 0 Å². The van der Waals surface area contributed by atoms with Crippen molar-refractivity contribution in [3.05, 3.63) is 72.9 Å². The zero-order chi connectivity index (χ0) is 55.7. The van der Waals surface area contributed by atoms with Crippen LogP contribution in [0.1, 0.15) is 342 Å². The van der Waals surface area contributed by atoms with E-state index in [-0.39, 0.29) is 31.1 Å². The van der Waals surface area contributed by atoms with Crippen LogP contribution >= 0.6 is 0 Å². The number of allylic oxidation sites excluding steroid dienone is 12. The van der Waals surface area contributed by atoms with Crippen molar-refractivity contribution in [2.24, 2.45) is 0 Å². The van der Waals surface area contributed by atoms with Gasteiger partial charge < -0.3 is 14.2 Å². The first-order valence-electron chi connectivity index (χ1n) is 33.4. The normalized spacial score (nSPS) is 12.5. The largest absolute Gasteiger partial charge is 0.462 e. The molecule has 0 saturated heterocycles. The Bertz CT molecular complexity index is 1420. The molecule has 1 unspecified atom stereocenters. The maximum absolute atomic E-state index is 12.9. The van der Waals surface area contributed by atoms with Crippen LogP contribution in [0.4, 0.5) is 0 Å². The fourth-order valence-corrected chi connectivity index (χ4v) is 9.74. The topological polar surface area (TPSA) is 78.9 Å². The van der Waals surface area contributed by atoms with Crippen LogP contribution in [0.2, 0.25) is 0 Å². The quantitative estimate of drug-likeness (QED) is 0.0261. The predicted octanol–water partition coefficient (Wildman–Crippen LogP) is 22.9. The first-order valence-corrected chi connectivity index (χ1v) is 33.4. The Morgan fingerprint density at radius 2 is 0.506 bits per heavy atom. The van der Waals surface area contributed by atoms with E-state index in [4.69, 9.17) is 14.2 Å². The second-order valence-electron chi connectivity index (χ2n) is 22.4. The van der Waals surface area contributed by atoms with Crippen LogP contribution in [0.15, 0.2) is 72.9 Å². The Morgan fingerprint density at radius 3 is 0.792 bits per heavy atom. The summed E-state index contributed by atoms with van der Waals surface area (Å²) in [5.41, 5.74) is 0. The SMILES string of the molecule is CC/C=C\C/C=C\C/C=C\C/C=C\C/C=C\C/C=C\CCCCCCCCCCCCCCC(=O)OCC(COC(=O)CCCCCCCCCCCCCCC)OC(=O)CCCCCCCCCCCCCCCCC. The molecule has 0 aliphatic rings. The highest BCUT2D eigenvalue weighted by Crippen LogP contribution is 2.17. The Morgan fingerprint density at radius 1 is 0.273 bits per heavy atom. The predicted molar refractivity (Wildman–Crippen MR) is 335 cm³/mol. The van der Waals surface area contributed by atoms with Gasteiger partial charge in [0, 0.05) is 19.3 Å². The van der Waals surface area contributed by atoms with Gasteiger partial charge in [0.2, 0.25) is 0 Å². The molecule has 0 aromatic rings. The van der Waals surface area contributed by atoms with Gasteiger partial charge in [0.1, 0.15) is 13.2 Å². The van der Waals surface area contributed by atoms with Gasteiger partial charge in [-0.25, -0.2) is 0 Å². The summed E-state index contributed by atoms with van der Waals surface area (Å²) in [6.07, 6.45) is 84.9. The van der Waals surface area contributed by atoms with Gasteiger partial charge in [0.05, 0.1) is 0 Å². The van der Waals surface area contributed by atoms with E-state index >= 15 is 0 Å². The summed E-state index contributed by atoms with van der Waals surface area (Å²) in [6.45, 7) is 6.57. The molecule has 77 heavy (non-hydrogen) atoms. The molecule has 0 amide bonds. The first kappa shape index (κ1) is 73.8. The molecule has 0 saturated carbocycles. The van der Waals surface area contributed by atoms with E-state index < -0.39 is 6.10 Å². The summed E-state index contributed by atoms with van der Waals surface area (Å²) < 4.78 is 16.9. The van der Waals surface area contributed by atoms with E-state index in [9.17, 15) is 14.4 Å².